The molecule has 0 bridgehead atoms. The minimum atomic E-state index is -0.139. The van der Waals surface area contributed by atoms with Gasteiger partial charge in [0, 0.05) is 44.6 Å². The lowest BCUT2D eigenvalue weighted by Crippen LogP contribution is -2.45. The molecule has 0 radical (unpaired) electrons. The van der Waals surface area contributed by atoms with Gasteiger partial charge in [-0.3, -0.25) is 14.6 Å². The molecular weight excluding hydrogens is 326 g/mol. The first kappa shape index (κ1) is 18.1. The molecule has 0 N–H and O–H groups in total. The van der Waals surface area contributed by atoms with E-state index in [9.17, 15) is 9.59 Å². The van der Waals surface area contributed by atoms with Gasteiger partial charge in [0.15, 0.2) is 0 Å². The smallest absolute Gasteiger partial charge is 0.253 e. The number of amides is 2. The summed E-state index contributed by atoms with van der Waals surface area (Å²) in [5.41, 5.74) is 2.82. The molecule has 1 aromatic carbocycles. The highest BCUT2D eigenvalue weighted by atomic mass is 16.2. The topological polar surface area (TPSA) is 53.5 Å². The van der Waals surface area contributed by atoms with Gasteiger partial charge in [-0.05, 0) is 43.5 Å². The number of carbonyl (C=O) groups is 2. The molecule has 0 saturated carbocycles. The SMILES string of the molecule is Cc1ccc(C(=O)N2CCC[C@H](C(=O)N(C)Cc3cccnc3)C2)cc1. The Balaban J connectivity index is 1.63. The third-order valence-electron chi connectivity index (χ3n) is 4.88. The normalized spacial score (nSPS) is 17.0. The van der Waals surface area contributed by atoms with E-state index in [1.54, 1.807) is 17.3 Å². The van der Waals surface area contributed by atoms with E-state index in [4.69, 9.17) is 0 Å². The zero-order valence-electron chi connectivity index (χ0n) is 15.4. The molecule has 1 aromatic heterocycles. The summed E-state index contributed by atoms with van der Waals surface area (Å²) in [5, 5.41) is 0. The van der Waals surface area contributed by atoms with Crippen molar-refractivity contribution in [1.82, 2.24) is 14.8 Å². The van der Waals surface area contributed by atoms with Crippen LogP contribution in [0.25, 0.3) is 0 Å². The van der Waals surface area contributed by atoms with Crippen LogP contribution in [0, 0.1) is 12.8 Å². The largest absolute Gasteiger partial charge is 0.341 e. The number of hydrogen-bond acceptors (Lipinski definition) is 3. The van der Waals surface area contributed by atoms with Crippen LogP contribution in [0.2, 0.25) is 0 Å². The quantitative estimate of drug-likeness (QED) is 0.851. The number of benzene rings is 1. The van der Waals surface area contributed by atoms with Crippen LogP contribution in [0.5, 0.6) is 0 Å². The predicted octanol–water partition coefficient (Wildman–Crippen LogP) is 2.90. The maximum atomic E-state index is 12.8. The number of pyridine rings is 1. The molecule has 0 unspecified atom stereocenters. The molecule has 26 heavy (non-hydrogen) atoms. The van der Waals surface area contributed by atoms with E-state index in [2.05, 4.69) is 4.98 Å². The molecule has 1 aliphatic heterocycles. The van der Waals surface area contributed by atoms with Crippen LogP contribution >= 0.6 is 0 Å². The van der Waals surface area contributed by atoms with Crippen LogP contribution in [0.4, 0.5) is 0 Å². The summed E-state index contributed by atoms with van der Waals surface area (Å²) in [6, 6.07) is 11.4. The average Bonchev–Trinajstić information content (AvgIpc) is 2.68. The number of aryl methyl sites for hydroxylation is 1. The molecule has 1 atom stereocenters. The Bertz CT molecular complexity index is 759. The second-order valence-corrected chi connectivity index (χ2v) is 7.01. The summed E-state index contributed by atoms with van der Waals surface area (Å²) in [6.07, 6.45) is 5.18. The van der Waals surface area contributed by atoms with Gasteiger partial charge in [-0.25, -0.2) is 0 Å². The summed E-state index contributed by atoms with van der Waals surface area (Å²) in [5.74, 6) is -0.0347. The molecule has 0 aliphatic carbocycles. The van der Waals surface area contributed by atoms with Gasteiger partial charge >= 0.3 is 0 Å². The second-order valence-electron chi connectivity index (χ2n) is 7.01. The van der Waals surface area contributed by atoms with E-state index in [1.165, 1.54) is 0 Å². The Labute approximate surface area is 154 Å². The van der Waals surface area contributed by atoms with Crippen molar-refractivity contribution in [2.45, 2.75) is 26.3 Å². The fraction of sp³-hybridized carbons (Fsp3) is 0.381. The molecule has 136 valence electrons. The Morgan fingerprint density at radius 3 is 2.69 bits per heavy atom. The standard InChI is InChI=1S/C21H25N3O2/c1-16-7-9-18(10-8-16)21(26)24-12-4-6-19(15-24)20(25)23(2)14-17-5-3-11-22-13-17/h3,5,7-11,13,19H,4,6,12,14-15H2,1-2H3/t19-/m0/s1. The van der Waals surface area contributed by atoms with Crippen molar-refractivity contribution in [3.63, 3.8) is 0 Å². The highest BCUT2D eigenvalue weighted by Crippen LogP contribution is 2.21. The van der Waals surface area contributed by atoms with Gasteiger partial charge < -0.3 is 9.80 Å². The zero-order valence-corrected chi connectivity index (χ0v) is 15.4. The van der Waals surface area contributed by atoms with E-state index in [1.807, 2.05) is 55.3 Å². The Hall–Kier alpha value is -2.69. The van der Waals surface area contributed by atoms with Gasteiger partial charge in [0.05, 0.1) is 5.92 Å². The summed E-state index contributed by atoms with van der Waals surface area (Å²) in [6.45, 7) is 3.74. The molecule has 2 heterocycles. The van der Waals surface area contributed by atoms with Crippen LogP contribution in [-0.2, 0) is 11.3 Å². The number of rotatable bonds is 4. The van der Waals surface area contributed by atoms with Crippen molar-refractivity contribution in [1.29, 1.82) is 0 Å². The summed E-state index contributed by atoms with van der Waals surface area (Å²) in [4.78, 5) is 33.2. The zero-order chi connectivity index (χ0) is 18.5. The fourth-order valence-corrected chi connectivity index (χ4v) is 3.40. The molecule has 5 heteroatoms. The van der Waals surface area contributed by atoms with Gasteiger partial charge in [-0.1, -0.05) is 23.8 Å². The third kappa shape index (κ3) is 4.28. The van der Waals surface area contributed by atoms with E-state index in [-0.39, 0.29) is 17.7 Å². The fourth-order valence-electron chi connectivity index (χ4n) is 3.40. The molecule has 2 aromatic rings. The lowest BCUT2D eigenvalue weighted by molar-refractivity contribution is -0.136. The average molecular weight is 351 g/mol. The predicted molar refractivity (Wildman–Crippen MR) is 101 cm³/mol. The van der Waals surface area contributed by atoms with E-state index < -0.39 is 0 Å². The van der Waals surface area contributed by atoms with Crippen LogP contribution in [-0.4, -0.2) is 46.7 Å². The summed E-state index contributed by atoms with van der Waals surface area (Å²) >= 11 is 0. The first-order chi connectivity index (χ1) is 12.5. The van der Waals surface area contributed by atoms with Crippen LogP contribution < -0.4 is 0 Å². The number of carbonyl (C=O) groups excluding carboxylic acids is 2. The van der Waals surface area contributed by atoms with Crippen LogP contribution in [0.15, 0.2) is 48.8 Å². The Morgan fingerprint density at radius 2 is 2.00 bits per heavy atom. The number of nitrogens with zero attached hydrogens (tertiary/aromatic N) is 3. The first-order valence-electron chi connectivity index (χ1n) is 9.04. The highest BCUT2D eigenvalue weighted by Gasteiger charge is 2.30. The first-order valence-corrected chi connectivity index (χ1v) is 9.04. The van der Waals surface area contributed by atoms with E-state index in [0.717, 1.165) is 24.0 Å². The van der Waals surface area contributed by atoms with Crippen molar-refractivity contribution in [3.05, 3.63) is 65.5 Å². The Kier molecular flexibility index (Phi) is 5.66. The third-order valence-corrected chi connectivity index (χ3v) is 4.88. The maximum Gasteiger partial charge on any atom is 0.253 e. The minimum Gasteiger partial charge on any atom is -0.341 e. The van der Waals surface area contributed by atoms with Crippen LogP contribution in [0.3, 0.4) is 0 Å². The van der Waals surface area contributed by atoms with Gasteiger partial charge in [-0.15, -0.1) is 0 Å². The molecule has 2 amide bonds. The van der Waals surface area contributed by atoms with Crippen molar-refractivity contribution in [3.8, 4) is 0 Å². The van der Waals surface area contributed by atoms with Gasteiger partial charge in [0.25, 0.3) is 5.91 Å². The molecule has 1 aliphatic rings. The maximum absolute atomic E-state index is 12.8. The number of likely N-dealkylation sites (tertiary alicyclic amines) is 1. The van der Waals surface area contributed by atoms with Crippen molar-refractivity contribution in [2.24, 2.45) is 5.92 Å². The summed E-state index contributed by atoms with van der Waals surface area (Å²) < 4.78 is 0. The molecule has 5 nitrogen and oxygen atoms in total. The lowest BCUT2D eigenvalue weighted by Gasteiger charge is -2.34. The molecule has 1 saturated heterocycles. The van der Waals surface area contributed by atoms with Gasteiger partial charge in [0.2, 0.25) is 5.91 Å². The van der Waals surface area contributed by atoms with Crippen molar-refractivity contribution >= 4 is 11.8 Å². The minimum absolute atomic E-state index is 0.0115. The number of hydrogen-bond donors (Lipinski definition) is 0. The molecule has 1 fully saturated rings. The molecular formula is C21H25N3O2. The Morgan fingerprint density at radius 1 is 1.23 bits per heavy atom. The molecule has 3 rings (SSSR count). The molecule has 0 spiro atoms. The van der Waals surface area contributed by atoms with Gasteiger partial charge in [-0.2, -0.15) is 0 Å². The number of aromatic nitrogens is 1. The lowest BCUT2D eigenvalue weighted by atomic mass is 9.95. The second kappa shape index (κ2) is 8.13. The highest BCUT2D eigenvalue weighted by molar-refractivity contribution is 5.94. The van der Waals surface area contributed by atoms with Crippen molar-refractivity contribution in [2.75, 3.05) is 20.1 Å². The van der Waals surface area contributed by atoms with Crippen LogP contribution in [0.1, 0.15) is 34.3 Å². The van der Waals surface area contributed by atoms with E-state index >= 15 is 0 Å². The van der Waals surface area contributed by atoms with Crippen molar-refractivity contribution < 1.29 is 9.59 Å². The number of piperidine rings is 1. The monoisotopic (exact) mass is 351 g/mol. The van der Waals surface area contributed by atoms with E-state index in [0.29, 0.717) is 25.2 Å². The summed E-state index contributed by atoms with van der Waals surface area (Å²) in [7, 11) is 1.82. The van der Waals surface area contributed by atoms with Gasteiger partial charge in [0.1, 0.15) is 0 Å².